The zero-order valence-corrected chi connectivity index (χ0v) is 7.35. The number of aliphatic hydroxyl groups excluding tert-OH is 1. The van der Waals surface area contributed by atoms with E-state index in [4.69, 9.17) is 24.1 Å². The fraction of sp³-hybridized carbons (Fsp3) is 1.00. The van der Waals surface area contributed by atoms with E-state index in [0.29, 0.717) is 19.8 Å². The van der Waals surface area contributed by atoms with Gasteiger partial charge in [0.25, 0.3) is 0 Å². The predicted octanol–water partition coefficient (Wildman–Crippen LogP) is -0.864. The predicted molar refractivity (Wildman–Crippen MR) is 42.3 cm³/mol. The van der Waals surface area contributed by atoms with E-state index >= 15 is 0 Å². The normalized spacial score (nSPS) is 33.0. The standard InChI is InChI=1S/C8H14O5/c9-1-6(13-8-5-12-8)2-10-3-7-4-11-7/h6-9H,1-5H2. The lowest BCUT2D eigenvalue weighted by Crippen LogP contribution is -2.26. The van der Waals surface area contributed by atoms with Crippen molar-refractivity contribution in [2.24, 2.45) is 0 Å². The van der Waals surface area contributed by atoms with E-state index in [1.165, 1.54) is 0 Å². The van der Waals surface area contributed by atoms with Crippen molar-refractivity contribution in [3.05, 3.63) is 0 Å². The van der Waals surface area contributed by atoms with E-state index in [0.717, 1.165) is 6.61 Å². The molecule has 76 valence electrons. The highest BCUT2D eigenvalue weighted by Gasteiger charge is 2.28. The topological polar surface area (TPSA) is 63.8 Å². The van der Waals surface area contributed by atoms with E-state index < -0.39 is 0 Å². The lowest BCUT2D eigenvalue weighted by atomic mass is 10.4. The van der Waals surface area contributed by atoms with Crippen LogP contribution in [0, 0.1) is 0 Å². The molecule has 3 atom stereocenters. The van der Waals surface area contributed by atoms with Crippen LogP contribution in [-0.4, -0.2) is 56.6 Å². The van der Waals surface area contributed by atoms with E-state index in [1.54, 1.807) is 0 Å². The van der Waals surface area contributed by atoms with Crippen LogP contribution >= 0.6 is 0 Å². The zero-order chi connectivity index (χ0) is 9.10. The molecule has 2 saturated heterocycles. The molecule has 13 heavy (non-hydrogen) atoms. The molecule has 5 heteroatoms. The molecule has 0 radical (unpaired) electrons. The third-order valence-corrected chi connectivity index (χ3v) is 1.86. The van der Waals surface area contributed by atoms with Crippen molar-refractivity contribution in [3.8, 4) is 0 Å². The summed E-state index contributed by atoms with van der Waals surface area (Å²) < 4.78 is 20.4. The number of rotatable bonds is 7. The Morgan fingerprint density at radius 2 is 2.15 bits per heavy atom. The Labute approximate surface area is 76.5 Å². The second-order valence-electron chi connectivity index (χ2n) is 3.20. The zero-order valence-electron chi connectivity index (χ0n) is 7.35. The molecular formula is C8H14O5. The summed E-state index contributed by atoms with van der Waals surface area (Å²) in [6.45, 7) is 2.37. The first-order chi connectivity index (χ1) is 6.38. The monoisotopic (exact) mass is 190 g/mol. The number of aliphatic hydroxyl groups is 1. The van der Waals surface area contributed by atoms with Crippen LogP contribution in [0.25, 0.3) is 0 Å². The van der Waals surface area contributed by atoms with Crippen molar-refractivity contribution in [2.45, 2.75) is 18.5 Å². The van der Waals surface area contributed by atoms with Gasteiger partial charge in [-0.15, -0.1) is 0 Å². The van der Waals surface area contributed by atoms with Crippen molar-refractivity contribution in [2.75, 3.05) is 33.0 Å². The minimum Gasteiger partial charge on any atom is -0.394 e. The Morgan fingerprint density at radius 3 is 2.69 bits per heavy atom. The van der Waals surface area contributed by atoms with Crippen LogP contribution in [0.15, 0.2) is 0 Å². The van der Waals surface area contributed by atoms with E-state index in [2.05, 4.69) is 0 Å². The highest BCUT2D eigenvalue weighted by molar-refractivity contribution is 4.68. The fourth-order valence-electron chi connectivity index (χ4n) is 0.963. The molecule has 0 aliphatic carbocycles. The maximum Gasteiger partial charge on any atom is 0.181 e. The number of epoxide rings is 2. The number of hydrogen-bond acceptors (Lipinski definition) is 5. The summed E-state index contributed by atoms with van der Waals surface area (Å²) in [7, 11) is 0. The van der Waals surface area contributed by atoms with Crippen LogP contribution in [0.5, 0.6) is 0 Å². The minimum atomic E-state index is -0.272. The molecule has 0 bridgehead atoms. The molecule has 0 spiro atoms. The van der Waals surface area contributed by atoms with Gasteiger partial charge in [-0.2, -0.15) is 0 Å². The van der Waals surface area contributed by atoms with E-state index in [1.807, 2.05) is 0 Å². The van der Waals surface area contributed by atoms with Gasteiger partial charge in [0.05, 0.1) is 26.4 Å². The van der Waals surface area contributed by atoms with Crippen molar-refractivity contribution in [1.29, 1.82) is 0 Å². The van der Waals surface area contributed by atoms with E-state index in [9.17, 15) is 0 Å². The first kappa shape index (κ1) is 9.36. The summed E-state index contributed by atoms with van der Waals surface area (Å²) in [6, 6.07) is 0. The number of ether oxygens (including phenoxy) is 4. The van der Waals surface area contributed by atoms with Crippen LogP contribution in [0.2, 0.25) is 0 Å². The SMILES string of the molecule is OCC(COCC1CO1)OC1CO1. The van der Waals surface area contributed by atoms with Crippen LogP contribution in [-0.2, 0) is 18.9 Å². The maximum atomic E-state index is 8.89. The molecule has 0 aromatic heterocycles. The average molecular weight is 190 g/mol. The maximum absolute atomic E-state index is 8.89. The van der Waals surface area contributed by atoms with Gasteiger partial charge in [-0.3, -0.25) is 0 Å². The molecule has 0 aromatic carbocycles. The molecule has 5 nitrogen and oxygen atoms in total. The highest BCUT2D eigenvalue weighted by atomic mass is 16.8. The third-order valence-electron chi connectivity index (χ3n) is 1.86. The van der Waals surface area contributed by atoms with Crippen LogP contribution < -0.4 is 0 Å². The Kier molecular flexibility index (Phi) is 3.13. The Balaban J connectivity index is 1.52. The molecule has 2 rings (SSSR count). The summed E-state index contributed by atoms with van der Waals surface area (Å²) in [4.78, 5) is 0. The van der Waals surface area contributed by atoms with Gasteiger partial charge in [0.1, 0.15) is 18.8 Å². The molecule has 0 saturated carbocycles. The Morgan fingerprint density at radius 1 is 1.38 bits per heavy atom. The first-order valence-electron chi connectivity index (χ1n) is 4.45. The summed E-state index contributed by atoms with van der Waals surface area (Å²) in [6.07, 6.45) is -0.138. The summed E-state index contributed by atoms with van der Waals surface area (Å²) >= 11 is 0. The second kappa shape index (κ2) is 4.34. The first-order valence-corrected chi connectivity index (χ1v) is 4.45. The van der Waals surface area contributed by atoms with Gasteiger partial charge in [-0.1, -0.05) is 0 Å². The smallest absolute Gasteiger partial charge is 0.181 e. The molecule has 0 aromatic rings. The fourth-order valence-corrected chi connectivity index (χ4v) is 0.963. The van der Waals surface area contributed by atoms with Gasteiger partial charge in [0.15, 0.2) is 6.29 Å². The summed E-state index contributed by atoms with van der Waals surface area (Å²) in [5.41, 5.74) is 0. The summed E-state index contributed by atoms with van der Waals surface area (Å²) in [5, 5.41) is 8.89. The lowest BCUT2D eigenvalue weighted by molar-refractivity contribution is -0.0772. The second-order valence-corrected chi connectivity index (χ2v) is 3.20. The molecule has 1 N–H and O–H groups in total. The van der Waals surface area contributed by atoms with Crippen molar-refractivity contribution < 1.29 is 24.1 Å². The van der Waals surface area contributed by atoms with Gasteiger partial charge >= 0.3 is 0 Å². The van der Waals surface area contributed by atoms with Gasteiger partial charge < -0.3 is 24.1 Å². The van der Waals surface area contributed by atoms with Crippen molar-refractivity contribution >= 4 is 0 Å². The molecule has 0 amide bonds. The van der Waals surface area contributed by atoms with Gasteiger partial charge in [0.2, 0.25) is 0 Å². The third kappa shape index (κ3) is 3.58. The Hall–Kier alpha value is -0.200. The molecule has 2 fully saturated rings. The molecular weight excluding hydrogens is 176 g/mol. The molecule has 2 aliphatic rings. The van der Waals surface area contributed by atoms with Gasteiger partial charge in [-0.05, 0) is 0 Å². The average Bonchev–Trinajstić information content (AvgIpc) is 2.97. The van der Waals surface area contributed by atoms with Crippen LogP contribution in [0.1, 0.15) is 0 Å². The van der Waals surface area contributed by atoms with E-state index in [-0.39, 0.29) is 25.1 Å². The molecule has 2 aliphatic heterocycles. The Bertz CT molecular complexity index is 155. The quantitative estimate of drug-likeness (QED) is 0.529. The van der Waals surface area contributed by atoms with Crippen molar-refractivity contribution in [1.82, 2.24) is 0 Å². The summed E-state index contributed by atoms with van der Waals surface area (Å²) in [5.74, 6) is 0. The van der Waals surface area contributed by atoms with Crippen LogP contribution in [0.4, 0.5) is 0 Å². The molecule has 3 unspecified atom stereocenters. The highest BCUT2D eigenvalue weighted by Crippen LogP contribution is 2.14. The van der Waals surface area contributed by atoms with Crippen molar-refractivity contribution in [3.63, 3.8) is 0 Å². The minimum absolute atomic E-state index is 0.0363. The van der Waals surface area contributed by atoms with Gasteiger partial charge in [0, 0.05) is 0 Å². The largest absolute Gasteiger partial charge is 0.394 e. The molecule has 2 heterocycles. The van der Waals surface area contributed by atoms with Crippen LogP contribution in [0.3, 0.4) is 0 Å². The lowest BCUT2D eigenvalue weighted by Gasteiger charge is -2.13. The van der Waals surface area contributed by atoms with Gasteiger partial charge in [-0.25, -0.2) is 0 Å². The number of hydrogen-bond donors (Lipinski definition) is 1.